The molecule has 5 rings (SSSR count). The monoisotopic (exact) mass is 429 g/mol. The molecule has 0 saturated heterocycles. The van der Waals surface area contributed by atoms with Gasteiger partial charge in [-0.1, -0.05) is 30.3 Å². The SMILES string of the molecule is N#Cc1c(N)nc2sc(C(=O)Nc3ccc4c(c3)OCO4)c(N)c2c1-c1ccccc1. The molecule has 1 aliphatic heterocycles. The topological polar surface area (TPSA) is 136 Å². The lowest BCUT2D eigenvalue weighted by Gasteiger charge is -2.09. The fourth-order valence-corrected chi connectivity index (χ4v) is 4.51. The van der Waals surface area contributed by atoms with E-state index in [-0.39, 0.29) is 28.7 Å². The number of pyridine rings is 1. The Morgan fingerprint density at radius 2 is 1.90 bits per heavy atom. The fraction of sp³-hybridized carbons (Fsp3) is 0.0455. The first kappa shape index (κ1) is 18.7. The van der Waals surface area contributed by atoms with Gasteiger partial charge in [0.05, 0.1) is 5.69 Å². The third-order valence-corrected chi connectivity index (χ3v) is 6.01. The molecule has 8 nitrogen and oxygen atoms in total. The summed E-state index contributed by atoms with van der Waals surface area (Å²) in [5.41, 5.74) is 14.8. The van der Waals surface area contributed by atoms with Gasteiger partial charge in [0.2, 0.25) is 6.79 Å². The predicted molar refractivity (Wildman–Crippen MR) is 119 cm³/mol. The molecular formula is C22H15N5O3S. The van der Waals surface area contributed by atoms with E-state index in [4.69, 9.17) is 20.9 Å². The molecular weight excluding hydrogens is 414 g/mol. The van der Waals surface area contributed by atoms with Crippen LogP contribution in [0.25, 0.3) is 21.3 Å². The third kappa shape index (κ3) is 3.06. The lowest BCUT2D eigenvalue weighted by molar-refractivity contribution is 0.103. The van der Waals surface area contributed by atoms with E-state index in [1.165, 1.54) is 0 Å². The van der Waals surface area contributed by atoms with Gasteiger partial charge in [-0.05, 0) is 17.7 Å². The highest BCUT2D eigenvalue weighted by Gasteiger charge is 2.24. The highest BCUT2D eigenvalue weighted by atomic mass is 32.1. The number of rotatable bonds is 3. The van der Waals surface area contributed by atoms with Gasteiger partial charge in [-0.2, -0.15) is 5.26 Å². The molecule has 0 unspecified atom stereocenters. The van der Waals surface area contributed by atoms with Crippen molar-refractivity contribution in [1.82, 2.24) is 4.98 Å². The molecule has 3 heterocycles. The molecule has 0 radical (unpaired) electrons. The number of amides is 1. The summed E-state index contributed by atoms with van der Waals surface area (Å²) in [6, 6.07) is 16.5. The van der Waals surface area contributed by atoms with Crippen LogP contribution >= 0.6 is 11.3 Å². The van der Waals surface area contributed by atoms with Crippen molar-refractivity contribution < 1.29 is 14.3 Å². The number of fused-ring (bicyclic) bond motifs is 2. The van der Waals surface area contributed by atoms with Crippen molar-refractivity contribution in [2.45, 2.75) is 0 Å². The van der Waals surface area contributed by atoms with Gasteiger partial charge in [0, 0.05) is 22.7 Å². The fourth-order valence-electron chi connectivity index (χ4n) is 3.51. The Labute approximate surface area is 180 Å². The van der Waals surface area contributed by atoms with E-state index < -0.39 is 5.91 Å². The molecule has 31 heavy (non-hydrogen) atoms. The van der Waals surface area contributed by atoms with Crippen molar-refractivity contribution in [3.8, 4) is 28.7 Å². The van der Waals surface area contributed by atoms with E-state index in [1.807, 2.05) is 30.3 Å². The van der Waals surface area contributed by atoms with Gasteiger partial charge < -0.3 is 26.3 Å². The summed E-state index contributed by atoms with van der Waals surface area (Å²) in [6.45, 7) is 0.145. The van der Waals surface area contributed by atoms with Crippen LogP contribution in [0, 0.1) is 11.3 Å². The van der Waals surface area contributed by atoms with E-state index >= 15 is 0 Å². The Bertz CT molecular complexity index is 1390. The molecule has 0 bridgehead atoms. The van der Waals surface area contributed by atoms with Crippen molar-refractivity contribution in [2.24, 2.45) is 0 Å². The molecule has 9 heteroatoms. The molecule has 0 spiro atoms. The molecule has 2 aromatic heterocycles. The number of nitrogen functional groups attached to an aromatic ring is 2. The number of carbonyl (C=O) groups is 1. The minimum atomic E-state index is -0.393. The largest absolute Gasteiger partial charge is 0.454 e. The zero-order valence-corrected chi connectivity index (χ0v) is 16.8. The number of nitrogens with one attached hydrogen (secondary N) is 1. The van der Waals surface area contributed by atoms with Gasteiger partial charge in [-0.25, -0.2) is 4.98 Å². The van der Waals surface area contributed by atoms with Crippen molar-refractivity contribution in [2.75, 3.05) is 23.6 Å². The molecule has 152 valence electrons. The number of carbonyl (C=O) groups excluding carboxylic acids is 1. The summed E-state index contributed by atoms with van der Waals surface area (Å²) in [6.07, 6.45) is 0. The van der Waals surface area contributed by atoms with Gasteiger partial charge in [-0.15, -0.1) is 11.3 Å². The van der Waals surface area contributed by atoms with E-state index in [9.17, 15) is 10.1 Å². The number of ether oxygens (including phenoxy) is 2. The summed E-state index contributed by atoms with van der Waals surface area (Å²) in [7, 11) is 0. The average Bonchev–Trinajstić information content (AvgIpc) is 3.37. The van der Waals surface area contributed by atoms with Crippen LogP contribution in [0.15, 0.2) is 48.5 Å². The minimum Gasteiger partial charge on any atom is -0.454 e. The number of nitrogens with two attached hydrogens (primary N) is 2. The molecule has 4 aromatic rings. The van der Waals surface area contributed by atoms with Crippen LogP contribution in [0.5, 0.6) is 11.5 Å². The van der Waals surface area contributed by atoms with E-state index in [1.54, 1.807) is 18.2 Å². The number of thiophene rings is 1. The molecule has 0 atom stereocenters. The maximum absolute atomic E-state index is 13.0. The first-order valence-electron chi connectivity index (χ1n) is 9.24. The number of nitriles is 1. The maximum Gasteiger partial charge on any atom is 0.267 e. The Balaban J connectivity index is 1.62. The number of benzene rings is 2. The van der Waals surface area contributed by atoms with Crippen molar-refractivity contribution >= 4 is 44.7 Å². The summed E-state index contributed by atoms with van der Waals surface area (Å²) >= 11 is 1.13. The molecule has 0 aliphatic carbocycles. The van der Waals surface area contributed by atoms with Crippen LogP contribution in [0.2, 0.25) is 0 Å². The number of nitrogens with zero attached hydrogens (tertiary/aromatic N) is 2. The lowest BCUT2D eigenvalue weighted by atomic mass is 9.97. The van der Waals surface area contributed by atoms with Crippen molar-refractivity contribution in [3.05, 3.63) is 59.0 Å². The normalized spacial score (nSPS) is 12.0. The molecule has 1 amide bonds. The number of hydrogen-bond acceptors (Lipinski definition) is 8. The van der Waals surface area contributed by atoms with Gasteiger partial charge in [0.25, 0.3) is 5.91 Å². The molecule has 1 aliphatic rings. The second kappa shape index (κ2) is 7.19. The molecule has 0 fully saturated rings. The van der Waals surface area contributed by atoms with Crippen LogP contribution in [0.1, 0.15) is 15.2 Å². The number of hydrogen-bond donors (Lipinski definition) is 3. The zero-order valence-electron chi connectivity index (χ0n) is 16.0. The summed E-state index contributed by atoms with van der Waals surface area (Å²) in [5.74, 6) is 0.880. The smallest absolute Gasteiger partial charge is 0.267 e. The van der Waals surface area contributed by atoms with Crippen molar-refractivity contribution in [1.29, 1.82) is 5.26 Å². The standard InChI is InChI=1S/C22H15N5O3S/c23-9-13-16(11-4-2-1-3-5-11)17-18(24)19(31-22(17)27-20(13)25)21(28)26-12-6-7-14-15(8-12)30-10-29-14/h1-8H,10,24H2,(H2,25,27)(H,26,28). The van der Waals surface area contributed by atoms with E-state index in [0.29, 0.717) is 33.0 Å². The first-order chi connectivity index (χ1) is 15.1. The lowest BCUT2D eigenvalue weighted by Crippen LogP contribution is -2.12. The van der Waals surface area contributed by atoms with Gasteiger partial charge in [-0.3, -0.25) is 4.79 Å². The van der Waals surface area contributed by atoms with Gasteiger partial charge in [0.15, 0.2) is 11.5 Å². The molecule has 2 aromatic carbocycles. The van der Waals surface area contributed by atoms with Gasteiger partial charge >= 0.3 is 0 Å². The number of anilines is 3. The summed E-state index contributed by atoms with van der Waals surface area (Å²) < 4.78 is 10.6. The van der Waals surface area contributed by atoms with Crippen LogP contribution < -0.4 is 26.3 Å². The van der Waals surface area contributed by atoms with E-state index in [0.717, 1.165) is 16.9 Å². The van der Waals surface area contributed by atoms with Crippen LogP contribution in [0.4, 0.5) is 17.2 Å². The van der Waals surface area contributed by atoms with Crippen LogP contribution in [0.3, 0.4) is 0 Å². The van der Waals surface area contributed by atoms with Crippen LogP contribution in [-0.4, -0.2) is 17.7 Å². The second-order valence-electron chi connectivity index (χ2n) is 6.77. The predicted octanol–water partition coefficient (Wildman–Crippen LogP) is 3.98. The van der Waals surface area contributed by atoms with Crippen molar-refractivity contribution in [3.63, 3.8) is 0 Å². The zero-order chi connectivity index (χ0) is 21.5. The Morgan fingerprint density at radius 1 is 1.13 bits per heavy atom. The second-order valence-corrected chi connectivity index (χ2v) is 7.77. The molecule has 0 saturated carbocycles. The summed E-state index contributed by atoms with van der Waals surface area (Å²) in [4.78, 5) is 18.1. The highest BCUT2D eigenvalue weighted by Crippen LogP contribution is 2.43. The maximum atomic E-state index is 13.0. The quantitative estimate of drug-likeness (QED) is 0.448. The summed E-state index contributed by atoms with van der Waals surface area (Å²) in [5, 5.41) is 13.1. The molecule has 5 N–H and O–H groups in total. The number of aromatic nitrogens is 1. The van der Waals surface area contributed by atoms with E-state index in [2.05, 4.69) is 16.4 Å². The first-order valence-corrected chi connectivity index (χ1v) is 10.1. The Morgan fingerprint density at radius 3 is 2.68 bits per heavy atom. The van der Waals surface area contributed by atoms with Crippen LogP contribution in [-0.2, 0) is 0 Å². The third-order valence-electron chi connectivity index (χ3n) is 4.92. The average molecular weight is 429 g/mol. The minimum absolute atomic E-state index is 0.0952. The Hall–Kier alpha value is -4.29. The Kier molecular flexibility index (Phi) is 4.34. The highest BCUT2D eigenvalue weighted by molar-refractivity contribution is 7.21. The van der Waals surface area contributed by atoms with Gasteiger partial charge in [0.1, 0.15) is 27.2 Å².